The zero-order chi connectivity index (χ0) is 10.2. The molecule has 1 aliphatic heterocycles. The molecule has 3 nitrogen and oxygen atoms in total. The smallest absolute Gasteiger partial charge is 0.0593 e. The number of nitrogens with one attached hydrogen (secondary N) is 1. The van der Waals surface area contributed by atoms with Crippen LogP contribution < -0.4 is 5.32 Å². The van der Waals surface area contributed by atoms with Gasteiger partial charge in [-0.3, -0.25) is 4.90 Å². The van der Waals surface area contributed by atoms with Gasteiger partial charge in [-0.25, -0.2) is 0 Å². The third-order valence-electron chi connectivity index (χ3n) is 2.83. The van der Waals surface area contributed by atoms with Crippen molar-refractivity contribution in [3.8, 4) is 0 Å². The van der Waals surface area contributed by atoms with Crippen LogP contribution in [0.2, 0.25) is 0 Å². The summed E-state index contributed by atoms with van der Waals surface area (Å²) in [7, 11) is 2.04. The molecular formula is C11H24N2O. The van der Waals surface area contributed by atoms with Gasteiger partial charge in [0.2, 0.25) is 0 Å². The first-order valence-corrected chi connectivity index (χ1v) is 5.85. The van der Waals surface area contributed by atoms with Gasteiger partial charge >= 0.3 is 0 Å². The van der Waals surface area contributed by atoms with Crippen LogP contribution in [-0.4, -0.2) is 50.8 Å². The van der Waals surface area contributed by atoms with E-state index < -0.39 is 0 Å². The second-order valence-electron chi connectivity index (χ2n) is 4.00. The zero-order valence-corrected chi connectivity index (χ0v) is 9.59. The van der Waals surface area contributed by atoms with Crippen molar-refractivity contribution in [2.45, 2.75) is 32.2 Å². The largest absolute Gasteiger partial charge is 0.380 e. The van der Waals surface area contributed by atoms with Crippen LogP contribution in [0.4, 0.5) is 0 Å². The first-order valence-electron chi connectivity index (χ1n) is 5.85. The summed E-state index contributed by atoms with van der Waals surface area (Å²) in [6, 6.07) is 0.701. The summed E-state index contributed by atoms with van der Waals surface area (Å²) in [6.45, 7) is 7.52. The molecule has 1 heterocycles. The number of likely N-dealkylation sites (N-methyl/N-ethyl adjacent to an activating group) is 1. The van der Waals surface area contributed by atoms with Crippen LogP contribution in [0.1, 0.15) is 26.2 Å². The van der Waals surface area contributed by atoms with E-state index in [0.29, 0.717) is 6.04 Å². The van der Waals surface area contributed by atoms with Crippen molar-refractivity contribution in [1.29, 1.82) is 0 Å². The molecule has 1 fully saturated rings. The van der Waals surface area contributed by atoms with Crippen molar-refractivity contribution < 1.29 is 4.74 Å². The topological polar surface area (TPSA) is 24.5 Å². The minimum Gasteiger partial charge on any atom is -0.380 e. The average molecular weight is 200 g/mol. The fourth-order valence-electron chi connectivity index (χ4n) is 2.11. The molecule has 0 aromatic carbocycles. The van der Waals surface area contributed by atoms with E-state index >= 15 is 0 Å². The summed E-state index contributed by atoms with van der Waals surface area (Å²) in [6.07, 6.45) is 3.74. The second kappa shape index (κ2) is 7.21. The lowest BCUT2D eigenvalue weighted by molar-refractivity contribution is 0.129. The summed E-state index contributed by atoms with van der Waals surface area (Å²) < 4.78 is 5.47. The zero-order valence-electron chi connectivity index (χ0n) is 9.59. The van der Waals surface area contributed by atoms with Gasteiger partial charge in [0.05, 0.1) is 6.61 Å². The van der Waals surface area contributed by atoms with Crippen LogP contribution in [0, 0.1) is 0 Å². The van der Waals surface area contributed by atoms with E-state index in [4.69, 9.17) is 4.74 Å². The van der Waals surface area contributed by atoms with Gasteiger partial charge in [0.1, 0.15) is 0 Å². The van der Waals surface area contributed by atoms with Gasteiger partial charge in [0.25, 0.3) is 0 Å². The first-order chi connectivity index (χ1) is 6.88. The Balaban J connectivity index is 2.38. The van der Waals surface area contributed by atoms with Crippen molar-refractivity contribution in [3.05, 3.63) is 0 Å². The molecule has 14 heavy (non-hydrogen) atoms. The highest BCUT2D eigenvalue weighted by atomic mass is 16.5. The van der Waals surface area contributed by atoms with Crippen LogP contribution in [0.5, 0.6) is 0 Å². The van der Waals surface area contributed by atoms with E-state index in [1.54, 1.807) is 0 Å². The Morgan fingerprint density at radius 3 is 2.93 bits per heavy atom. The minimum absolute atomic E-state index is 0.701. The van der Waals surface area contributed by atoms with E-state index in [-0.39, 0.29) is 0 Å². The Bertz CT molecular complexity index is 127. The molecule has 0 amide bonds. The van der Waals surface area contributed by atoms with E-state index in [1.165, 1.54) is 25.8 Å². The highest BCUT2D eigenvalue weighted by Gasteiger charge is 2.18. The summed E-state index contributed by atoms with van der Waals surface area (Å²) in [5, 5.41) is 3.29. The van der Waals surface area contributed by atoms with E-state index in [9.17, 15) is 0 Å². The molecule has 1 N–H and O–H groups in total. The molecule has 1 saturated heterocycles. The molecule has 0 saturated carbocycles. The van der Waals surface area contributed by atoms with Crippen molar-refractivity contribution in [2.75, 3.05) is 39.9 Å². The maximum absolute atomic E-state index is 5.47. The van der Waals surface area contributed by atoms with E-state index in [2.05, 4.69) is 17.1 Å². The van der Waals surface area contributed by atoms with Crippen LogP contribution in [0.3, 0.4) is 0 Å². The van der Waals surface area contributed by atoms with Gasteiger partial charge in [-0.1, -0.05) is 13.3 Å². The van der Waals surface area contributed by atoms with Gasteiger partial charge in [0, 0.05) is 32.3 Å². The van der Waals surface area contributed by atoms with Gasteiger partial charge in [-0.05, 0) is 19.9 Å². The van der Waals surface area contributed by atoms with Crippen molar-refractivity contribution >= 4 is 0 Å². The first kappa shape index (κ1) is 12.0. The maximum Gasteiger partial charge on any atom is 0.0593 e. The fourth-order valence-corrected chi connectivity index (χ4v) is 2.11. The standard InChI is InChI=1S/C11H24N2O/c1-3-5-11(10-12-2)13-6-4-8-14-9-7-13/h11-12H,3-10H2,1-2H3. The second-order valence-corrected chi connectivity index (χ2v) is 4.00. The Hall–Kier alpha value is -0.120. The maximum atomic E-state index is 5.47. The molecule has 1 atom stereocenters. The van der Waals surface area contributed by atoms with Crippen LogP contribution >= 0.6 is 0 Å². The molecule has 0 bridgehead atoms. The predicted octanol–water partition coefficient (Wildman–Crippen LogP) is 1.10. The van der Waals surface area contributed by atoms with Gasteiger partial charge in [-0.2, -0.15) is 0 Å². The number of rotatable bonds is 5. The molecule has 1 rings (SSSR count). The third-order valence-corrected chi connectivity index (χ3v) is 2.83. The van der Waals surface area contributed by atoms with E-state index in [1.807, 2.05) is 7.05 Å². The third kappa shape index (κ3) is 3.95. The average Bonchev–Trinajstić information content (AvgIpc) is 2.45. The summed E-state index contributed by atoms with van der Waals surface area (Å²) in [5.74, 6) is 0. The Labute approximate surface area is 87.8 Å². The minimum atomic E-state index is 0.701. The Kier molecular flexibility index (Phi) is 6.15. The molecule has 0 aromatic heterocycles. The van der Waals surface area contributed by atoms with Crippen molar-refractivity contribution in [2.24, 2.45) is 0 Å². The monoisotopic (exact) mass is 200 g/mol. The molecule has 0 aliphatic carbocycles. The van der Waals surface area contributed by atoms with Gasteiger partial charge in [-0.15, -0.1) is 0 Å². The number of hydrogen-bond acceptors (Lipinski definition) is 3. The highest BCUT2D eigenvalue weighted by molar-refractivity contribution is 4.74. The van der Waals surface area contributed by atoms with Crippen LogP contribution in [-0.2, 0) is 4.74 Å². The number of hydrogen-bond donors (Lipinski definition) is 1. The van der Waals surface area contributed by atoms with Gasteiger partial charge < -0.3 is 10.1 Å². The molecule has 84 valence electrons. The lowest BCUT2D eigenvalue weighted by Gasteiger charge is -2.29. The Morgan fingerprint density at radius 2 is 2.21 bits per heavy atom. The molecule has 0 aromatic rings. The molecule has 1 unspecified atom stereocenters. The SMILES string of the molecule is CCCC(CNC)N1CCCOCC1. The summed E-state index contributed by atoms with van der Waals surface area (Å²) in [5.41, 5.74) is 0. The lowest BCUT2D eigenvalue weighted by atomic mass is 10.1. The molecule has 1 aliphatic rings. The van der Waals surface area contributed by atoms with E-state index in [0.717, 1.165) is 26.3 Å². The quantitative estimate of drug-likeness (QED) is 0.719. The molecule has 0 radical (unpaired) electrons. The van der Waals surface area contributed by atoms with Crippen LogP contribution in [0.25, 0.3) is 0 Å². The highest BCUT2D eigenvalue weighted by Crippen LogP contribution is 2.09. The lowest BCUT2D eigenvalue weighted by Crippen LogP contribution is -2.42. The predicted molar refractivity (Wildman–Crippen MR) is 59.6 cm³/mol. The molecule has 0 spiro atoms. The number of ether oxygens (including phenoxy) is 1. The molecule has 3 heteroatoms. The van der Waals surface area contributed by atoms with Crippen molar-refractivity contribution in [1.82, 2.24) is 10.2 Å². The van der Waals surface area contributed by atoms with Crippen molar-refractivity contribution in [3.63, 3.8) is 0 Å². The normalized spacial score (nSPS) is 21.9. The fraction of sp³-hybridized carbons (Fsp3) is 1.00. The van der Waals surface area contributed by atoms with Gasteiger partial charge in [0.15, 0.2) is 0 Å². The number of nitrogens with zero attached hydrogens (tertiary/aromatic N) is 1. The Morgan fingerprint density at radius 1 is 1.36 bits per heavy atom. The summed E-state index contributed by atoms with van der Waals surface area (Å²) >= 11 is 0. The molecular weight excluding hydrogens is 176 g/mol. The van der Waals surface area contributed by atoms with Crippen LogP contribution in [0.15, 0.2) is 0 Å². The summed E-state index contributed by atoms with van der Waals surface area (Å²) in [4.78, 5) is 2.58.